The maximum Gasteiger partial charge on any atom is 0.255 e. The lowest BCUT2D eigenvalue weighted by molar-refractivity contribution is 0.0699. The van der Waals surface area contributed by atoms with Gasteiger partial charge in [-0.25, -0.2) is 0 Å². The van der Waals surface area contributed by atoms with Crippen molar-refractivity contribution in [1.29, 1.82) is 0 Å². The smallest absolute Gasteiger partial charge is 0.255 e. The number of hydrogen-bond donors (Lipinski definition) is 2. The molecule has 1 aliphatic rings. The Morgan fingerprint density at radius 2 is 1.42 bits per heavy atom. The van der Waals surface area contributed by atoms with Crippen LogP contribution >= 0.6 is 0 Å². The molecule has 1 saturated heterocycles. The molecule has 1 fully saturated rings. The lowest BCUT2D eigenvalue weighted by Crippen LogP contribution is -2.46. The molecule has 4 rings (SSSR count). The molecule has 0 unspecified atom stereocenters. The van der Waals surface area contributed by atoms with E-state index in [1.165, 1.54) is 0 Å². The maximum atomic E-state index is 13.2. The molecule has 0 radical (unpaired) electrons. The summed E-state index contributed by atoms with van der Waals surface area (Å²) in [5.74, 6) is -0.0250. The van der Waals surface area contributed by atoms with E-state index in [1.54, 1.807) is 0 Å². The lowest BCUT2D eigenvalue weighted by atomic mass is 10.0. The van der Waals surface area contributed by atoms with E-state index < -0.39 is 0 Å². The highest BCUT2D eigenvalue weighted by molar-refractivity contribution is 6.00. The van der Waals surface area contributed by atoms with Crippen LogP contribution in [0.3, 0.4) is 0 Å². The van der Waals surface area contributed by atoms with Gasteiger partial charge in [-0.05, 0) is 55.7 Å². The molecule has 5 heteroatoms. The zero-order valence-corrected chi connectivity index (χ0v) is 17.7. The average Bonchev–Trinajstić information content (AvgIpc) is 2.80. The van der Waals surface area contributed by atoms with Crippen LogP contribution in [0, 0.1) is 6.92 Å². The molecule has 0 atom stereocenters. The van der Waals surface area contributed by atoms with Crippen LogP contribution in [0.2, 0.25) is 0 Å². The van der Waals surface area contributed by atoms with E-state index in [2.05, 4.69) is 10.6 Å². The van der Waals surface area contributed by atoms with E-state index in [0.717, 1.165) is 29.8 Å². The second kappa shape index (κ2) is 9.47. The van der Waals surface area contributed by atoms with Gasteiger partial charge in [-0.15, -0.1) is 0 Å². The first-order valence-electron chi connectivity index (χ1n) is 10.7. The second-order valence-corrected chi connectivity index (χ2v) is 7.89. The highest BCUT2D eigenvalue weighted by atomic mass is 16.2. The van der Waals surface area contributed by atoms with Crippen molar-refractivity contribution >= 4 is 23.2 Å². The van der Waals surface area contributed by atoms with Gasteiger partial charge in [0.2, 0.25) is 0 Å². The monoisotopic (exact) mass is 413 g/mol. The molecule has 0 saturated carbocycles. The summed E-state index contributed by atoms with van der Waals surface area (Å²) in [6.45, 7) is 3.19. The third-order valence-corrected chi connectivity index (χ3v) is 5.72. The Hall–Kier alpha value is -3.60. The van der Waals surface area contributed by atoms with Crippen molar-refractivity contribution in [3.8, 4) is 0 Å². The topological polar surface area (TPSA) is 61.4 Å². The number of rotatable bonds is 5. The van der Waals surface area contributed by atoms with Crippen LogP contribution < -0.4 is 10.6 Å². The molecule has 0 aliphatic carbocycles. The number of likely N-dealkylation sites (tertiary alicyclic amines) is 1. The number of nitrogens with zero attached hydrogens (tertiary/aromatic N) is 1. The molecule has 0 bridgehead atoms. The van der Waals surface area contributed by atoms with Crippen LogP contribution in [0.1, 0.15) is 39.1 Å². The van der Waals surface area contributed by atoms with Crippen molar-refractivity contribution in [3.05, 3.63) is 95.6 Å². The van der Waals surface area contributed by atoms with E-state index in [1.807, 2.05) is 90.7 Å². The minimum absolute atomic E-state index is 0.0164. The molecule has 2 amide bonds. The number of para-hydroxylation sites is 2. The predicted molar refractivity (Wildman–Crippen MR) is 124 cm³/mol. The largest absolute Gasteiger partial charge is 0.355 e. The van der Waals surface area contributed by atoms with E-state index in [0.29, 0.717) is 24.2 Å². The number of anilines is 2. The highest BCUT2D eigenvalue weighted by Gasteiger charge is 2.26. The first kappa shape index (κ1) is 20.7. The number of carbonyl (C=O) groups excluding carboxylic acids is 2. The molecule has 31 heavy (non-hydrogen) atoms. The van der Waals surface area contributed by atoms with Gasteiger partial charge >= 0.3 is 0 Å². The zero-order chi connectivity index (χ0) is 21.6. The Balaban J connectivity index is 1.38. The number of aryl methyl sites for hydroxylation is 1. The highest BCUT2D eigenvalue weighted by Crippen LogP contribution is 2.24. The van der Waals surface area contributed by atoms with E-state index in [-0.39, 0.29) is 17.9 Å². The van der Waals surface area contributed by atoms with E-state index in [4.69, 9.17) is 0 Å². The van der Waals surface area contributed by atoms with Crippen molar-refractivity contribution < 1.29 is 9.59 Å². The Kier molecular flexibility index (Phi) is 6.32. The molecule has 5 nitrogen and oxygen atoms in total. The fourth-order valence-corrected chi connectivity index (χ4v) is 3.94. The van der Waals surface area contributed by atoms with Crippen LogP contribution in [0.25, 0.3) is 0 Å². The molecule has 158 valence electrons. The van der Waals surface area contributed by atoms with Crippen molar-refractivity contribution in [3.63, 3.8) is 0 Å². The lowest BCUT2D eigenvalue weighted by Gasteiger charge is -2.33. The minimum Gasteiger partial charge on any atom is -0.355 e. The fourth-order valence-electron chi connectivity index (χ4n) is 3.94. The summed E-state index contributed by atoms with van der Waals surface area (Å²) < 4.78 is 0. The standard InChI is InChI=1S/C26H27N3O2/c1-19-9-5-6-12-22(19)25(30)28-21-15-17-29(18-16-21)26(31)23-13-7-8-14-24(23)27-20-10-3-2-4-11-20/h2-14,21,27H,15-18H2,1H3,(H,28,30). The van der Waals surface area contributed by atoms with Gasteiger partial charge < -0.3 is 15.5 Å². The van der Waals surface area contributed by atoms with Gasteiger partial charge in [0.15, 0.2) is 0 Å². The number of benzene rings is 3. The quantitative estimate of drug-likeness (QED) is 0.633. The normalized spacial score (nSPS) is 14.2. The molecule has 1 heterocycles. The molecule has 3 aromatic carbocycles. The Morgan fingerprint density at radius 1 is 0.806 bits per heavy atom. The number of nitrogens with one attached hydrogen (secondary N) is 2. The summed E-state index contributed by atoms with van der Waals surface area (Å²) >= 11 is 0. The predicted octanol–water partition coefficient (Wildman–Crippen LogP) is 4.77. The van der Waals surface area contributed by atoms with Gasteiger partial charge in [-0.3, -0.25) is 9.59 Å². The number of hydrogen-bond acceptors (Lipinski definition) is 3. The summed E-state index contributed by atoms with van der Waals surface area (Å²) in [4.78, 5) is 27.7. The number of piperidine rings is 1. The Labute approximate surface area is 183 Å². The molecular formula is C26H27N3O2. The third kappa shape index (κ3) is 4.94. The summed E-state index contributed by atoms with van der Waals surface area (Å²) in [6.07, 6.45) is 1.50. The molecule has 0 aromatic heterocycles. The summed E-state index contributed by atoms with van der Waals surface area (Å²) in [7, 11) is 0. The van der Waals surface area contributed by atoms with Crippen molar-refractivity contribution in [2.45, 2.75) is 25.8 Å². The average molecular weight is 414 g/mol. The van der Waals surface area contributed by atoms with Crippen LogP contribution in [0.15, 0.2) is 78.9 Å². The van der Waals surface area contributed by atoms with Gasteiger partial charge in [-0.1, -0.05) is 48.5 Å². The van der Waals surface area contributed by atoms with E-state index >= 15 is 0 Å². The third-order valence-electron chi connectivity index (χ3n) is 5.72. The Morgan fingerprint density at radius 3 is 2.13 bits per heavy atom. The van der Waals surface area contributed by atoms with E-state index in [9.17, 15) is 9.59 Å². The minimum atomic E-state index is -0.0414. The maximum absolute atomic E-state index is 13.2. The molecule has 3 aromatic rings. The van der Waals surface area contributed by atoms with Gasteiger partial charge in [-0.2, -0.15) is 0 Å². The van der Waals surface area contributed by atoms with Gasteiger partial charge in [0.05, 0.1) is 11.3 Å². The van der Waals surface area contributed by atoms with Crippen molar-refractivity contribution in [2.24, 2.45) is 0 Å². The fraction of sp³-hybridized carbons (Fsp3) is 0.231. The molecule has 1 aliphatic heterocycles. The van der Waals surface area contributed by atoms with Gasteiger partial charge in [0, 0.05) is 30.4 Å². The molecular weight excluding hydrogens is 386 g/mol. The van der Waals surface area contributed by atoms with Crippen molar-refractivity contribution in [1.82, 2.24) is 10.2 Å². The first-order chi connectivity index (χ1) is 15.1. The molecule has 0 spiro atoms. The summed E-state index contributed by atoms with van der Waals surface area (Å²) in [6, 6.07) is 25.1. The van der Waals surface area contributed by atoms with Crippen LogP contribution in [0.5, 0.6) is 0 Å². The number of carbonyl (C=O) groups is 2. The van der Waals surface area contributed by atoms with Crippen molar-refractivity contribution in [2.75, 3.05) is 18.4 Å². The molecule has 2 N–H and O–H groups in total. The van der Waals surface area contributed by atoms with Gasteiger partial charge in [0.1, 0.15) is 0 Å². The second-order valence-electron chi connectivity index (χ2n) is 7.89. The Bertz CT molecular complexity index is 1060. The number of amides is 2. The summed E-state index contributed by atoms with van der Waals surface area (Å²) in [5.41, 5.74) is 4.08. The van der Waals surface area contributed by atoms with Crippen LogP contribution in [0.4, 0.5) is 11.4 Å². The summed E-state index contributed by atoms with van der Waals surface area (Å²) in [5, 5.41) is 6.48. The van der Waals surface area contributed by atoms with Crippen LogP contribution in [-0.4, -0.2) is 35.8 Å². The zero-order valence-electron chi connectivity index (χ0n) is 17.7. The SMILES string of the molecule is Cc1ccccc1C(=O)NC1CCN(C(=O)c2ccccc2Nc2ccccc2)CC1. The van der Waals surface area contributed by atoms with Crippen LogP contribution in [-0.2, 0) is 0 Å². The first-order valence-corrected chi connectivity index (χ1v) is 10.7. The van der Waals surface area contributed by atoms with Gasteiger partial charge in [0.25, 0.3) is 11.8 Å².